The number of rotatable bonds is 5. The SMILES string of the molecule is Cc1cc(C(CCN2CCOCC2)c2ccc(Cl)cc2)ccn1. The number of morpholine rings is 1. The molecule has 1 aromatic carbocycles. The Hall–Kier alpha value is -1.42. The molecule has 1 atom stereocenters. The lowest BCUT2D eigenvalue weighted by molar-refractivity contribution is 0.0369. The highest BCUT2D eigenvalue weighted by atomic mass is 35.5. The second-order valence-electron chi connectivity index (χ2n) is 6.08. The molecule has 0 radical (unpaired) electrons. The minimum absolute atomic E-state index is 0.372. The molecule has 1 aromatic heterocycles. The van der Waals surface area contributed by atoms with Crippen LogP contribution in [-0.2, 0) is 4.74 Å². The van der Waals surface area contributed by atoms with Gasteiger partial charge >= 0.3 is 0 Å². The van der Waals surface area contributed by atoms with Crippen LogP contribution >= 0.6 is 11.6 Å². The molecule has 122 valence electrons. The maximum atomic E-state index is 6.05. The van der Waals surface area contributed by atoms with Crippen molar-refractivity contribution in [3.8, 4) is 0 Å². The molecule has 3 rings (SSSR count). The van der Waals surface area contributed by atoms with Gasteiger partial charge < -0.3 is 4.74 Å². The number of aryl methyl sites for hydroxylation is 1. The van der Waals surface area contributed by atoms with Gasteiger partial charge in [0, 0.05) is 35.9 Å². The highest BCUT2D eigenvalue weighted by Gasteiger charge is 2.18. The summed E-state index contributed by atoms with van der Waals surface area (Å²) >= 11 is 6.05. The van der Waals surface area contributed by atoms with Crippen LogP contribution in [0.25, 0.3) is 0 Å². The topological polar surface area (TPSA) is 25.4 Å². The van der Waals surface area contributed by atoms with Crippen LogP contribution in [0.15, 0.2) is 42.6 Å². The zero-order valence-corrected chi connectivity index (χ0v) is 14.3. The van der Waals surface area contributed by atoms with Crippen LogP contribution in [0.5, 0.6) is 0 Å². The summed E-state index contributed by atoms with van der Waals surface area (Å²) in [7, 11) is 0. The minimum atomic E-state index is 0.372. The van der Waals surface area contributed by atoms with Crippen LogP contribution in [0, 0.1) is 6.92 Å². The van der Waals surface area contributed by atoms with E-state index in [0.29, 0.717) is 5.92 Å². The Balaban J connectivity index is 1.79. The molecule has 23 heavy (non-hydrogen) atoms. The number of nitrogens with zero attached hydrogens (tertiary/aromatic N) is 2. The van der Waals surface area contributed by atoms with Crippen molar-refractivity contribution in [3.05, 3.63) is 64.4 Å². The first-order valence-corrected chi connectivity index (χ1v) is 8.58. The lowest BCUT2D eigenvalue weighted by Crippen LogP contribution is -2.37. The van der Waals surface area contributed by atoms with Crippen LogP contribution in [-0.4, -0.2) is 42.7 Å². The standard InChI is InChI=1S/C19H23ClN2O/c1-15-14-17(6-8-21-15)19(16-2-4-18(20)5-3-16)7-9-22-10-12-23-13-11-22/h2-6,8,14,19H,7,9-13H2,1H3. The van der Waals surface area contributed by atoms with Crippen LogP contribution in [0.3, 0.4) is 0 Å². The average Bonchev–Trinajstić information content (AvgIpc) is 2.58. The van der Waals surface area contributed by atoms with Crippen molar-refractivity contribution in [3.63, 3.8) is 0 Å². The average molecular weight is 331 g/mol. The van der Waals surface area contributed by atoms with Crippen molar-refractivity contribution in [1.29, 1.82) is 0 Å². The van der Waals surface area contributed by atoms with E-state index in [-0.39, 0.29) is 0 Å². The fourth-order valence-corrected chi connectivity index (χ4v) is 3.27. The van der Waals surface area contributed by atoms with Gasteiger partial charge in [-0.05, 0) is 55.3 Å². The number of hydrogen-bond donors (Lipinski definition) is 0. The molecule has 3 nitrogen and oxygen atoms in total. The molecule has 0 amide bonds. The van der Waals surface area contributed by atoms with Gasteiger partial charge in [-0.15, -0.1) is 0 Å². The van der Waals surface area contributed by atoms with Crippen molar-refractivity contribution >= 4 is 11.6 Å². The van der Waals surface area contributed by atoms with Gasteiger partial charge in [0.15, 0.2) is 0 Å². The second-order valence-corrected chi connectivity index (χ2v) is 6.51. The summed E-state index contributed by atoms with van der Waals surface area (Å²) in [6, 6.07) is 12.6. The molecular weight excluding hydrogens is 308 g/mol. The zero-order chi connectivity index (χ0) is 16.1. The molecule has 1 aliphatic heterocycles. The quantitative estimate of drug-likeness (QED) is 0.831. The number of pyridine rings is 1. The van der Waals surface area contributed by atoms with E-state index >= 15 is 0 Å². The number of halogens is 1. The maximum absolute atomic E-state index is 6.05. The normalized spacial score (nSPS) is 17.1. The van der Waals surface area contributed by atoms with Gasteiger partial charge in [-0.2, -0.15) is 0 Å². The van der Waals surface area contributed by atoms with Crippen LogP contribution in [0.2, 0.25) is 5.02 Å². The van der Waals surface area contributed by atoms with Crippen molar-refractivity contribution in [2.75, 3.05) is 32.8 Å². The van der Waals surface area contributed by atoms with Gasteiger partial charge in [0.1, 0.15) is 0 Å². The van der Waals surface area contributed by atoms with Gasteiger partial charge in [0.25, 0.3) is 0 Å². The summed E-state index contributed by atoms with van der Waals surface area (Å²) in [5.74, 6) is 0.372. The fraction of sp³-hybridized carbons (Fsp3) is 0.421. The molecule has 0 spiro atoms. The molecule has 0 aliphatic carbocycles. The largest absolute Gasteiger partial charge is 0.379 e. The van der Waals surface area contributed by atoms with E-state index in [9.17, 15) is 0 Å². The molecule has 1 aliphatic rings. The fourth-order valence-electron chi connectivity index (χ4n) is 3.14. The van der Waals surface area contributed by atoms with Crippen LogP contribution in [0.4, 0.5) is 0 Å². The molecule has 1 unspecified atom stereocenters. The minimum Gasteiger partial charge on any atom is -0.379 e. The summed E-state index contributed by atoms with van der Waals surface area (Å²) in [6.45, 7) is 6.88. The Labute approximate surface area is 143 Å². The predicted octanol–water partition coefficient (Wildman–Crippen LogP) is 3.90. The molecule has 0 saturated carbocycles. The predicted molar refractivity (Wildman–Crippen MR) is 94.1 cm³/mol. The third-order valence-electron chi connectivity index (χ3n) is 4.43. The van der Waals surface area contributed by atoms with E-state index in [2.05, 4.69) is 34.1 Å². The molecular formula is C19H23ClN2O. The lowest BCUT2D eigenvalue weighted by atomic mass is 9.88. The van der Waals surface area contributed by atoms with E-state index in [1.54, 1.807) is 0 Å². The zero-order valence-electron chi connectivity index (χ0n) is 13.5. The van der Waals surface area contributed by atoms with Crippen molar-refractivity contribution in [1.82, 2.24) is 9.88 Å². The van der Waals surface area contributed by atoms with Gasteiger partial charge in [-0.25, -0.2) is 0 Å². The van der Waals surface area contributed by atoms with Crippen LogP contribution in [0.1, 0.15) is 29.2 Å². The number of aromatic nitrogens is 1. The highest BCUT2D eigenvalue weighted by Crippen LogP contribution is 2.29. The lowest BCUT2D eigenvalue weighted by Gasteiger charge is -2.28. The molecule has 4 heteroatoms. The van der Waals surface area contributed by atoms with Crippen molar-refractivity contribution in [2.45, 2.75) is 19.3 Å². The van der Waals surface area contributed by atoms with Gasteiger partial charge in [-0.1, -0.05) is 23.7 Å². The van der Waals surface area contributed by atoms with E-state index < -0.39 is 0 Å². The molecule has 1 fully saturated rings. The van der Waals surface area contributed by atoms with Gasteiger partial charge in [0.2, 0.25) is 0 Å². The smallest absolute Gasteiger partial charge is 0.0594 e. The van der Waals surface area contributed by atoms with E-state index in [1.165, 1.54) is 11.1 Å². The monoisotopic (exact) mass is 330 g/mol. The molecule has 2 aromatic rings. The second kappa shape index (κ2) is 7.91. The number of hydrogen-bond acceptors (Lipinski definition) is 3. The summed E-state index contributed by atoms with van der Waals surface area (Å²) < 4.78 is 5.44. The third-order valence-corrected chi connectivity index (χ3v) is 4.69. The molecule has 0 bridgehead atoms. The molecule has 0 N–H and O–H groups in total. The Morgan fingerprint density at radius 2 is 1.87 bits per heavy atom. The Morgan fingerprint density at radius 1 is 1.13 bits per heavy atom. The Bertz CT molecular complexity index is 624. The van der Waals surface area contributed by atoms with Crippen LogP contribution < -0.4 is 0 Å². The summed E-state index contributed by atoms with van der Waals surface area (Å²) in [5, 5.41) is 0.784. The summed E-state index contributed by atoms with van der Waals surface area (Å²) in [4.78, 5) is 6.82. The molecule has 1 saturated heterocycles. The first-order chi connectivity index (χ1) is 11.2. The van der Waals surface area contributed by atoms with E-state index in [1.807, 2.05) is 25.3 Å². The third kappa shape index (κ3) is 4.54. The van der Waals surface area contributed by atoms with Crippen molar-refractivity contribution in [2.24, 2.45) is 0 Å². The van der Waals surface area contributed by atoms with Crippen molar-refractivity contribution < 1.29 is 4.74 Å². The van der Waals surface area contributed by atoms with Gasteiger partial charge in [-0.3, -0.25) is 9.88 Å². The van der Waals surface area contributed by atoms with Gasteiger partial charge in [0.05, 0.1) is 13.2 Å². The number of ether oxygens (including phenoxy) is 1. The molecule has 2 heterocycles. The van der Waals surface area contributed by atoms with E-state index in [4.69, 9.17) is 16.3 Å². The Kier molecular flexibility index (Phi) is 5.65. The number of benzene rings is 1. The Morgan fingerprint density at radius 3 is 2.57 bits per heavy atom. The highest BCUT2D eigenvalue weighted by molar-refractivity contribution is 6.30. The maximum Gasteiger partial charge on any atom is 0.0594 e. The first kappa shape index (κ1) is 16.4. The van der Waals surface area contributed by atoms with E-state index in [0.717, 1.165) is 50.0 Å². The summed E-state index contributed by atoms with van der Waals surface area (Å²) in [6.07, 6.45) is 2.99. The summed E-state index contributed by atoms with van der Waals surface area (Å²) in [5.41, 5.74) is 3.70. The first-order valence-electron chi connectivity index (χ1n) is 8.20.